The predicted octanol–water partition coefficient (Wildman–Crippen LogP) is 2.57. The van der Waals surface area contributed by atoms with Crippen molar-refractivity contribution >= 4 is 11.8 Å². The summed E-state index contributed by atoms with van der Waals surface area (Å²) in [6.45, 7) is 8.29. The van der Waals surface area contributed by atoms with Crippen LogP contribution in [0.15, 0.2) is 12.4 Å². The van der Waals surface area contributed by atoms with Gasteiger partial charge in [-0.1, -0.05) is 0 Å². The summed E-state index contributed by atoms with van der Waals surface area (Å²) in [6, 6.07) is 0.271. The second kappa shape index (κ2) is 8.76. The third-order valence-corrected chi connectivity index (χ3v) is 5.59. The Morgan fingerprint density at radius 3 is 2.62 bits per heavy atom. The van der Waals surface area contributed by atoms with Crippen LogP contribution >= 0.6 is 0 Å². The Morgan fingerprint density at radius 1 is 1.09 bits per heavy atom. The van der Waals surface area contributed by atoms with Crippen molar-refractivity contribution in [3.05, 3.63) is 29.5 Å². The molecule has 0 aromatic carbocycles. The molecular formula is C22H30N6O4. The van der Waals surface area contributed by atoms with E-state index in [9.17, 15) is 4.79 Å². The van der Waals surface area contributed by atoms with Gasteiger partial charge in [-0.05, 0) is 27.2 Å². The summed E-state index contributed by atoms with van der Waals surface area (Å²) >= 11 is 0. The lowest BCUT2D eigenvalue weighted by Crippen LogP contribution is -2.35. The highest BCUT2D eigenvalue weighted by Gasteiger charge is 2.32. The number of methoxy groups -OCH3 is 2. The van der Waals surface area contributed by atoms with Crippen LogP contribution < -0.4 is 14.4 Å². The molecule has 2 aromatic heterocycles. The molecule has 1 saturated heterocycles. The molecule has 0 unspecified atom stereocenters. The van der Waals surface area contributed by atoms with E-state index in [-0.39, 0.29) is 18.0 Å². The smallest absolute Gasteiger partial charge is 0.410 e. The van der Waals surface area contributed by atoms with Gasteiger partial charge in [-0.25, -0.2) is 19.7 Å². The molecule has 1 fully saturated rings. The van der Waals surface area contributed by atoms with Crippen molar-refractivity contribution in [3.63, 3.8) is 0 Å². The molecule has 10 heteroatoms. The predicted molar refractivity (Wildman–Crippen MR) is 117 cm³/mol. The number of amides is 1. The summed E-state index contributed by atoms with van der Waals surface area (Å²) in [7, 11) is 3.11. The fourth-order valence-electron chi connectivity index (χ4n) is 4.01. The molecule has 2 aromatic rings. The minimum atomic E-state index is -0.499. The Hall–Kier alpha value is -3.17. The highest BCUT2D eigenvalue weighted by atomic mass is 16.6. The largest absolute Gasteiger partial charge is 0.479 e. The van der Waals surface area contributed by atoms with Gasteiger partial charge in [0.05, 0.1) is 26.1 Å². The van der Waals surface area contributed by atoms with Crippen molar-refractivity contribution in [2.75, 3.05) is 38.8 Å². The summed E-state index contributed by atoms with van der Waals surface area (Å²) in [5, 5.41) is 0. The van der Waals surface area contributed by atoms with Gasteiger partial charge < -0.3 is 24.0 Å². The summed E-state index contributed by atoms with van der Waals surface area (Å²) < 4.78 is 16.0. The van der Waals surface area contributed by atoms with Crippen molar-refractivity contribution in [2.24, 2.45) is 0 Å². The van der Waals surface area contributed by atoms with E-state index in [1.54, 1.807) is 18.2 Å². The van der Waals surface area contributed by atoms with Gasteiger partial charge in [0.2, 0.25) is 5.88 Å². The quantitative estimate of drug-likeness (QED) is 0.707. The minimum Gasteiger partial charge on any atom is -0.479 e. The molecule has 4 rings (SSSR count). The number of nitrogens with zero attached hydrogens (tertiary/aromatic N) is 6. The number of carbonyl (C=O) groups is 1. The molecule has 4 heterocycles. The maximum atomic E-state index is 12.4. The first-order valence-electron chi connectivity index (χ1n) is 10.8. The molecule has 1 atom stereocenters. The average Bonchev–Trinajstić information content (AvgIpc) is 3.27. The van der Waals surface area contributed by atoms with Crippen LogP contribution in [0, 0.1) is 0 Å². The van der Waals surface area contributed by atoms with E-state index >= 15 is 0 Å². The Labute approximate surface area is 187 Å². The highest BCUT2D eigenvalue weighted by Crippen LogP contribution is 2.32. The van der Waals surface area contributed by atoms with Crippen LogP contribution in [0.25, 0.3) is 0 Å². The number of carbonyl (C=O) groups excluding carboxylic acids is 1. The normalized spacial score (nSPS) is 18.3. The van der Waals surface area contributed by atoms with Crippen LogP contribution in [-0.2, 0) is 17.7 Å². The molecule has 1 amide bonds. The fourth-order valence-corrected chi connectivity index (χ4v) is 4.01. The van der Waals surface area contributed by atoms with Gasteiger partial charge in [-0.3, -0.25) is 0 Å². The number of aromatic nitrogens is 4. The Balaban J connectivity index is 1.45. The van der Waals surface area contributed by atoms with Crippen LogP contribution in [0.5, 0.6) is 11.9 Å². The molecule has 32 heavy (non-hydrogen) atoms. The number of rotatable bonds is 4. The number of hydrogen-bond donors (Lipinski definition) is 0. The van der Waals surface area contributed by atoms with Crippen molar-refractivity contribution in [2.45, 2.75) is 51.7 Å². The molecule has 10 nitrogen and oxygen atoms in total. The van der Waals surface area contributed by atoms with Gasteiger partial charge in [0, 0.05) is 50.3 Å². The average molecular weight is 443 g/mol. The second-order valence-electron chi connectivity index (χ2n) is 9.03. The number of fused-ring (bicyclic) bond motifs is 1. The van der Waals surface area contributed by atoms with E-state index in [1.807, 2.05) is 27.0 Å². The Morgan fingerprint density at radius 2 is 1.91 bits per heavy atom. The van der Waals surface area contributed by atoms with E-state index < -0.39 is 5.60 Å². The van der Waals surface area contributed by atoms with Crippen LogP contribution in [0.1, 0.15) is 50.2 Å². The first kappa shape index (κ1) is 22.0. The maximum absolute atomic E-state index is 12.4. The molecule has 2 aliphatic rings. The topological polar surface area (TPSA) is 103 Å². The zero-order chi connectivity index (χ0) is 22.9. The van der Waals surface area contributed by atoms with Crippen LogP contribution in [0.3, 0.4) is 0 Å². The lowest BCUT2D eigenvalue weighted by molar-refractivity contribution is 0.0292. The van der Waals surface area contributed by atoms with Crippen molar-refractivity contribution in [1.82, 2.24) is 24.8 Å². The van der Waals surface area contributed by atoms with E-state index in [2.05, 4.69) is 19.9 Å². The van der Waals surface area contributed by atoms with Crippen molar-refractivity contribution < 1.29 is 19.0 Å². The third-order valence-electron chi connectivity index (χ3n) is 5.59. The molecule has 172 valence electrons. The molecule has 0 bridgehead atoms. The van der Waals surface area contributed by atoms with E-state index in [4.69, 9.17) is 19.2 Å². The Bertz CT molecular complexity index is 993. The number of hydrogen-bond acceptors (Lipinski definition) is 9. The SMILES string of the molecule is COc1ncc(N2CCc3nc([C@H]4CCN(C(=O)OC(C)(C)C)C4)ncc3C2)c(OC)n1. The zero-order valence-electron chi connectivity index (χ0n) is 19.3. The summed E-state index contributed by atoms with van der Waals surface area (Å²) in [5.74, 6) is 1.40. The van der Waals surface area contributed by atoms with Gasteiger partial charge in [0.15, 0.2) is 0 Å². The standard InChI is InChI=1S/C22H30N6O4/c1-22(2,3)32-21(29)28-8-6-14(12-28)18-23-10-15-13-27(9-7-16(15)25-18)17-11-24-20(31-5)26-19(17)30-4/h10-11,14H,6-9,12-13H2,1-5H3/t14-/m0/s1. The number of likely N-dealkylation sites (tertiary alicyclic amines) is 1. The molecule has 0 N–H and O–H groups in total. The molecule has 0 saturated carbocycles. The lowest BCUT2D eigenvalue weighted by atomic mass is 10.0. The van der Waals surface area contributed by atoms with Gasteiger partial charge in [0.1, 0.15) is 17.1 Å². The van der Waals surface area contributed by atoms with Crippen LogP contribution in [0.4, 0.5) is 10.5 Å². The van der Waals surface area contributed by atoms with Crippen molar-refractivity contribution in [1.29, 1.82) is 0 Å². The van der Waals surface area contributed by atoms with Crippen molar-refractivity contribution in [3.8, 4) is 11.9 Å². The molecule has 0 radical (unpaired) electrons. The first-order chi connectivity index (χ1) is 15.3. The molecule has 0 aliphatic carbocycles. The zero-order valence-corrected chi connectivity index (χ0v) is 19.3. The van der Waals surface area contributed by atoms with E-state index in [0.717, 1.165) is 42.2 Å². The van der Waals surface area contributed by atoms with Gasteiger partial charge >= 0.3 is 12.1 Å². The molecule has 0 spiro atoms. The van der Waals surface area contributed by atoms with Crippen LogP contribution in [0.2, 0.25) is 0 Å². The molecular weight excluding hydrogens is 412 g/mol. The number of ether oxygens (including phenoxy) is 3. The summed E-state index contributed by atoms with van der Waals surface area (Å²) in [4.78, 5) is 34.3. The van der Waals surface area contributed by atoms with Crippen LogP contribution in [-0.4, -0.2) is 70.4 Å². The second-order valence-corrected chi connectivity index (χ2v) is 9.03. The number of anilines is 1. The third kappa shape index (κ3) is 4.68. The minimum absolute atomic E-state index is 0.126. The maximum Gasteiger partial charge on any atom is 0.410 e. The fraction of sp³-hybridized carbons (Fsp3) is 0.591. The lowest BCUT2D eigenvalue weighted by Gasteiger charge is -2.30. The van der Waals surface area contributed by atoms with Gasteiger partial charge in [0.25, 0.3) is 0 Å². The monoisotopic (exact) mass is 442 g/mol. The van der Waals surface area contributed by atoms with E-state index in [1.165, 1.54) is 7.11 Å². The van der Waals surface area contributed by atoms with Gasteiger partial charge in [-0.2, -0.15) is 4.98 Å². The highest BCUT2D eigenvalue weighted by molar-refractivity contribution is 5.68. The first-order valence-corrected chi connectivity index (χ1v) is 10.8. The summed E-state index contributed by atoms with van der Waals surface area (Å²) in [5.41, 5.74) is 2.43. The van der Waals surface area contributed by atoms with Gasteiger partial charge in [-0.15, -0.1) is 0 Å². The van der Waals surface area contributed by atoms with E-state index in [0.29, 0.717) is 25.5 Å². The summed E-state index contributed by atoms with van der Waals surface area (Å²) in [6.07, 6.45) is 4.96. The molecule has 2 aliphatic heterocycles. The Kier molecular flexibility index (Phi) is 6.03.